The number of fused-ring (bicyclic) bond motifs is 1. The third-order valence-electron chi connectivity index (χ3n) is 3.96. The van der Waals surface area contributed by atoms with E-state index in [1.807, 2.05) is 48.5 Å². The number of hydrogen-bond acceptors (Lipinski definition) is 5. The van der Waals surface area contributed by atoms with Crippen molar-refractivity contribution in [1.29, 1.82) is 0 Å². The van der Waals surface area contributed by atoms with Crippen LogP contribution >= 0.6 is 0 Å². The van der Waals surface area contributed by atoms with E-state index in [1.54, 1.807) is 48.5 Å². The van der Waals surface area contributed by atoms with Gasteiger partial charge in [-0.3, -0.25) is 4.89 Å². The van der Waals surface area contributed by atoms with Crippen LogP contribution in [-0.2, 0) is 4.89 Å². The van der Waals surface area contributed by atoms with Gasteiger partial charge in [0.15, 0.2) is 17.2 Å². The molecule has 0 unspecified atom stereocenters. The average molecular weight is 372 g/mol. The summed E-state index contributed by atoms with van der Waals surface area (Å²) in [7, 11) is 0. The first kappa shape index (κ1) is 17.4. The molecule has 138 valence electrons. The zero-order chi connectivity index (χ0) is 19.2. The minimum Gasteiger partial charge on any atom is -0.453 e. The van der Waals surface area contributed by atoms with Gasteiger partial charge in [0.05, 0.1) is 0 Å². The number of rotatable bonds is 5. The molecule has 4 aromatic rings. The van der Waals surface area contributed by atoms with E-state index in [1.165, 1.54) is 0 Å². The molecule has 0 bridgehead atoms. The van der Waals surface area contributed by atoms with Crippen molar-refractivity contribution in [3.63, 3.8) is 0 Å². The normalized spacial score (nSPS) is 10.3. The predicted octanol–water partition coefficient (Wildman–Crippen LogP) is 6.14. The molecular formula is C23H16O5. The van der Waals surface area contributed by atoms with Gasteiger partial charge in [-0.2, -0.15) is 4.79 Å². The van der Waals surface area contributed by atoms with Crippen molar-refractivity contribution in [3.05, 3.63) is 97.1 Å². The molecule has 4 aromatic carbocycles. The van der Waals surface area contributed by atoms with Crippen molar-refractivity contribution in [3.8, 4) is 23.0 Å². The Labute approximate surface area is 161 Å². The molecule has 0 N–H and O–H groups in total. The van der Waals surface area contributed by atoms with Crippen molar-refractivity contribution in [1.82, 2.24) is 0 Å². The van der Waals surface area contributed by atoms with Gasteiger partial charge in [-0.05, 0) is 35.7 Å². The molecule has 0 aliphatic heterocycles. The smallest absolute Gasteiger partial charge is 0.453 e. The topological polar surface area (TPSA) is 54.0 Å². The number of benzene rings is 4. The molecule has 0 radical (unpaired) electrons. The Morgan fingerprint density at radius 3 is 2.11 bits per heavy atom. The van der Waals surface area contributed by atoms with E-state index in [2.05, 4.69) is 0 Å². The lowest BCUT2D eigenvalue weighted by atomic mass is 10.1. The van der Waals surface area contributed by atoms with Gasteiger partial charge >= 0.3 is 6.16 Å². The summed E-state index contributed by atoms with van der Waals surface area (Å²) < 4.78 is 11.3. The van der Waals surface area contributed by atoms with Crippen LogP contribution in [0.15, 0.2) is 97.1 Å². The SMILES string of the molecule is O=C(OOc1ccccc1)Oc1ccccc1Oc1cccc2ccccc12. The zero-order valence-corrected chi connectivity index (χ0v) is 14.8. The molecule has 0 spiro atoms. The summed E-state index contributed by atoms with van der Waals surface area (Å²) >= 11 is 0. The molecular weight excluding hydrogens is 356 g/mol. The second-order valence-electron chi connectivity index (χ2n) is 5.86. The van der Waals surface area contributed by atoms with Crippen LogP contribution in [0.5, 0.6) is 23.0 Å². The van der Waals surface area contributed by atoms with Crippen LogP contribution in [0.4, 0.5) is 4.79 Å². The first-order valence-corrected chi connectivity index (χ1v) is 8.65. The number of carbonyl (C=O) groups excluding carboxylic acids is 1. The molecule has 0 heterocycles. The summed E-state index contributed by atoms with van der Waals surface area (Å²) in [5, 5.41) is 2.00. The molecule has 28 heavy (non-hydrogen) atoms. The van der Waals surface area contributed by atoms with Gasteiger partial charge < -0.3 is 9.47 Å². The summed E-state index contributed by atoms with van der Waals surface area (Å²) in [5.41, 5.74) is 0. The van der Waals surface area contributed by atoms with E-state index >= 15 is 0 Å². The van der Waals surface area contributed by atoms with Gasteiger partial charge in [0.2, 0.25) is 0 Å². The third kappa shape index (κ3) is 4.04. The number of ether oxygens (including phenoxy) is 2. The van der Waals surface area contributed by atoms with Crippen LogP contribution in [0.2, 0.25) is 0 Å². The van der Waals surface area contributed by atoms with Crippen molar-refractivity contribution >= 4 is 16.9 Å². The number of para-hydroxylation sites is 3. The summed E-state index contributed by atoms with van der Waals surface area (Å²) in [6.07, 6.45) is -1.00. The Morgan fingerprint density at radius 1 is 0.607 bits per heavy atom. The van der Waals surface area contributed by atoms with Crippen molar-refractivity contribution in [2.45, 2.75) is 0 Å². The Kier molecular flexibility index (Phi) is 5.06. The maximum Gasteiger partial charge on any atom is 0.555 e. The molecule has 0 amide bonds. The second kappa shape index (κ2) is 8.14. The summed E-state index contributed by atoms with van der Waals surface area (Å²) in [6, 6.07) is 29.2. The van der Waals surface area contributed by atoms with Crippen LogP contribution in [0.3, 0.4) is 0 Å². The molecule has 0 aliphatic carbocycles. The van der Waals surface area contributed by atoms with E-state index in [9.17, 15) is 4.79 Å². The monoisotopic (exact) mass is 372 g/mol. The molecule has 0 saturated carbocycles. The lowest BCUT2D eigenvalue weighted by molar-refractivity contribution is -0.157. The van der Waals surface area contributed by atoms with Crippen LogP contribution in [-0.4, -0.2) is 6.16 Å². The number of hydrogen-bond donors (Lipinski definition) is 0. The first-order chi connectivity index (χ1) is 13.8. The quantitative estimate of drug-likeness (QED) is 0.182. The van der Waals surface area contributed by atoms with Gasteiger partial charge in [0, 0.05) is 5.39 Å². The highest BCUT2D eigenvalue weighted by molar-refractivity contribution is 5.88. The fourth-order valence-corrected chi connectivity index (χ4v) is 2.69. The first-order valence-electron chi connectivity index (χ1n) is 8.65. The Balaban J connectivity index is 1.50. The van der Waals surface area contributed by atoms with Gasteiger partial charge in [0.1, 0.15) is 5.75 Å². The van der Waals surface area contributed by atoms with Gasteiger partial charge in [-0.15, -0.1) is 0 Å². The minimum absolute atomic E-state index is 0.220. The van der Waals surface area contributed by atoms with Crippen LogP contribution in [0, 0.1) is 0 Å². The molecule has 0 aromatic heterocycles. The van der Waals surface area contributed by atoms with E-state index in [0.717, 1.165) is 10.8 Å². The highest BCUT2D eigenvalue weighted by Gasteiger charge is 2.14. The molecule has 0 saturated heterocycles. The number of carbonyl (C=O) groups is 1. The third-order valence-corrected chi connectivity index (χ3v) is 3.96. The highest BCUT2D eigenvalue weighted by Crippen LogP contribution is 2.35. The standard InChI is InChI=1S/C23H16O5/c24-23(28-27-18-11-2-1-3-12-18)26-22-15-7-6-14-21(22)25-20-16-8-10-17-9-4-5-13-19(17)20/h1-16H. The Hall–Kier alpha value is -3.99. The molecule has 0 fully saturated rings. The molecule has 5 heteroatoms. The lowest BCUT2D eigenvalue weighted by Crippen LogP contribution is -2.13. The summed E-state index contributed by atoms with van der Waals surface area (Å²) in [5.74, 6) is 1.65. The maximum absolute atomic E-state index is 12.0. The summed E-state index contributed by atoms with van der Waals surface area (Å²) in [6.45, 7) is 0. The van der Waals surface area contributed by atoms with Crippen molar-refractivity contribution in [2.24, 2.45) is 0 Å². The minimum atomic E-state index is -1.00. The fraction of sp³-hybridized carbons (Fsp3) is 0. The van der Waals surface area contributed by atoms with Gasteiger partial charge in [-0.25, -0.2) is 4.89 Å². The van der Waals surface area contributed by atoms with Crippen LogP contribution < -0.4 is 14.4 Å². The zero-order valence-electron chi connectivity index (χ0n) is 14.8. The molecule has 4 rings (SSSR count). The lowest BCUT2D eigenvalue weighted by Gasteiger charge is -2.12. The average Bonchev–Trinajstić information content (AvgIpc) is 2.75. The second-order valence-corrected chi connectivity index (χ2v) is 5.86. The summed E-state index contributed by atoms with van der Waals surface area (Å²) in [4.78, 5) is 21.6. The highest BCUT2D eigenvalue weighted by atomic mass is 17.2. The van der Waals surface area contributed by atoms with E-state index in [4.69, 9.17) is 19.2 Å². The largest absolute Gasteiger partial charge is 0.555 e. The Bertz CT molecular complexity index is 1090. The van der Waals surface area contributed by atoms with Gasteiger partial charge in [0.25, 0.3) is 0 Å². The molecule has 5 nitrogen and oxygen atoms in total. The van der Waals surface area contributed by atoms with Crippen LogP contribution in [0.1, 0.15) is 0 Å². The Morgan fingerprint density at radius 2 is 1.25 bits per heavy atom. The van der Waals surface area contributed by atoms with Gasteiger partial charge in [-0.1, -0.05) is 66.7 Å². The molecule has 0 atom stereocenters. The van der Waals surface area contributed by atoms with E-state index in [0.29, 0.717) is 17.2 Å². The van der Waals surface area contributed by atoms with Crippen LogP contribution in [0.25, 0.3) is 10.8 Å². The predicted molar refractivity (Wildman–Crippen MR) is 105 cm³/mol. The fourth-order valence-electron chi connectivity index (χ4n) is 2.69. The van der Waals surface area contributed by atoms with Crippen molar-refractivity contribution in [2.75, 3.05) is 0 Å². The van der Waals surface area contributed by atoms with E-state index in [-0.39, 0.29) is 5.75 Å². The van der Waals surface area contributed by atoms with E-state index < -0.39 is 6.16 Å². The molecule has 0 aliphatic rings. The maximum atomic E-state index is 12.0. The van der Waals surface area contributed by atoms with Crippen molar-refractivity contribution < 1.29 is 24.0 Å².